The lowest BCUT2D eigenvalue weighted by Crippen LogP contribution is -2.23. The van der Waals surface area contributed by atoms with Gasteiger partial charge >= 0.3 is 6.18 Å². The summed E-state index contributed by atoms with van der Waals surface area (Å²) in [6.07, 6.45) is 0.545. The van der Waals surface area contributed by atoms with E-state index in [9.17, 15) is 18.0 Å². The first-order valence-electron chi connectivity index (χ1n) is 9.60. The molecule has 0 spiro atoms. The molecule has 3 heterocycles. The summed E-state index contributed by atoms with van der Waals surface area (Å²) in [6.45, 7) is 2.99. The van der Waals surface area contributed by atoms with Gasteiger partial charge in [0, 0.05) is 30.7 Å². The summed E-state index contributed by atoms with van der Waals surface area (Å²) in [6, 6.07) is 3.59. The summed E-state index contributed by atoms with van der Waals surface area (Å²) >= 11 is 0. The topological polar surface area (TPSA) is 91.2 Å². The van der Waals surface area contributed by atoms with Crippen molar-refractivity contribution in [1.29, 1.82) is 0 Å². The van der Waals surface area contributed by atoms with Crippen LogP contribution < -0.4 is 10.1 Å². The molecular weight excluding hydrogens is 415 g/mol. The van der Waals surface area contributed by atoms with Crippen molar-refractivity contribution in [3.8, 4) is 5.88 Å². The van der Waals surface area contributed by atoms with Gasteiger partial charge in [0.05, 0.1) is 24.1 Å². The van der Waals surface area contributed by atoms with Crippen LogP contribution >= 0.6 is 0 Å². The van der Waals surface area contributed by atoms with Crippen LogP contribution in [0.15, 0.2) is 30.7 Å². The molecule has 8 nitrogen and oxygen atoms in total. The molecule has 0 aromatic carbocycles. The summed E-state index contributed by atoms with van der Waals surface area (Å²) in [5.41, 5.74) is 2.55. The van der Waals surface area contributed by atoms with Crippen LogP contribution in [0.3, 0.4) is 0 Å². The van der Waals surface area contributed by atoms with Gasteiger partial charge in [0.15, 0.2) is 0 Å². The molecule has 3 rings (SSSR count). The number of hydrogen-bond acceptors (Lipinski definition) is 6. The molecule has 1 amide bonds. The van der Waals surface area contributed by atoms with Crippen molar-refractivity contribution in [2.75, 3.05) is 26.4 Å². The van der Waals surface area contributed by atoms with Crippen molar-refractivity contribution in [3.63, 3.8) is 0 Å². The number of rotatable bonds is 9. The van der Waals surface area contributed by atoms with E-state index in [2.05, 4.69) is 25.1 Å². The van der Waals surface area contributed by atoms with Crippen LogP contribution in [0.2, 0.25) is 0 Å². The molecule has 0 aliphatic carbocycles. The second kappa shape index (κ2) is 9.73. The number of fused-ring (bicyclic) bond motifs is 1. The number of nitrogens with zero attached hydrogens (tertiary/aromatic N) is 4. The lowest BCUT2D eigenvalue weighted by atomic mass is 10.2. The van der Waals surface area contributed by atoms with Crippen LogP contribution in [-0.4, -0.2) is 58.2 Å². The molecule has 0 saturated heterocycles. The van der Waals surface area contributed by atoms with Crippen LogP contribution in [0, 0.1) is 6.92 Å². The number of carbonyl (C=O) groups excluding carboxylic acids is 1. The molecular formula is C20H22F3N5O3. The van der Waals surface area contributed by atoms with Gasteiger partial charge in [-0.05, 0) is 31.5 Å². The Morgan fingerprint density at radius 2 is 2.06 bits per heavy atom. The van der Waals surface area contributed by atoms with Gasteiger partial charge in [-0.15, -0.1) is 0 Å². The lowest BCUT2D eigenvalue weighted by Gasteiger charge is -2.11. The van der Waals surface area contributed by atoms with Crippen molar-refractivity contribution in [2.45, 2.75) is 26.6 Å². The Labute approximate surface area is 176 Å². The standard InChI is InChI=1S/C20H22F3N5O3/c1-3-24-18(29)17-15-11-28(27-16(15)4-5-25-17)10-14-8-13(2)19(26-9-14)31-7-6-30-12-20(21,22)23/h4-5,8-9,11H,3,6-7,10,12H2,1-2H3,(H,24,29). The molecule has 3 aromatic rings. The maximum Gasteiger partial charge on any atom is 0.411 e. The van der Waals surface area contributed by atoms with E-state index >= 15 is 0 Å². The molecule has 0 aliphatic heterocycles. The second-order valence-corrected chi connectivity index (χ2v) is 6.76. The molecule has 3 aromatic heterocycles. The summed E-state index contributed by atoms with van der Waals surface area (Å²) in [7, 11) is 0. The average molecular weight is 437 g/mol. The highest BCUT2D eigenvalue weighted by Crippen LogP contribution is 2.19. The number of halogens is 3. The fourth-order valence-corrected chi connectivity index (χ4v) is 2.93. The highest BCUT2D eigenvalue weighted by Gasteiger charge is 2.27. The van der Waals surface area contributed by atoms with Crippen molar-refractivity contribution in [3.05, 3.63) is 47.5 Å². The zero-order valence-corrected chi connectivity index (χ0v) is 17.1. The van der Waals surface area contributed by atoms with Gasteiger partial charge in [0.2, 0.25) is 5.88 Å². The third kappa shape index (κ3) is 6.14. The van der Waals surface area contributed by atoms with E-state index in [0.29, 0.717) is 35.6 Å². The predicted octanol–water partition coefficient (Wildman–Crippen LogP) is 2.89. The normalized spacial score (nSPS) is 11.6. The number of alkyl halides is 3. The molecule has 0 fully saturated rings. The minimum atomic E-state index is -4.36. The minimum Gasteiger partial charge on any atom is -0.475 e. The molecule has 0 unspecified atom stereocenters. The Morgan fingerprint density at radius 3 is 2.77 bits per heavy atom. The largest absolute Gasteiger partial charge is 0.475 e. The van der Waals surface area contributed by atoms with Gasteiger partial charge in [-0.3, -0.25) is 14.5 Å². The fraction of sp³-hybridized carbons (Fsp3) is 0.400. The Kier molecular flexibility index (Phi) is 7.06. The summed E-state index contributed by atoms with van der Waals surface area (Å²) in [4.78, 5) is 20.6. The highest BCUT2D eigenvalue weighted by atomic mass is 19.4. The molecule has 166 valence electrons. The van der Waals surface area contributed by atoms with E-state index in [1.807, 2.05) is 13.0 Å². The summed E-state index contributed by atoms with van der Waals surface area (Å²) < 4.78 is 47.7. The van der Waals surface area contributed by atoms with Gasteiger partial charge in [-0.25, -0.2) is 4.98 Å². The molecule has 0 saturated carbocycles. The zero-order valence-electron chi connectivity index (χ0n) is 17.1. The maximum absolute atomic E-state index is 12.2. The van der Waals surface area contributed by atoms with E-state index < -0.39 is 12.8 Å². The van der Waals surface area contributed by atoms with Gasteiger partial charge in [-0.2, -0.15) is 18.3 Å². The molecule has 31 heavy (non-hydrogen) atoms. The third-order valence-corrected chi connectivity index (χ3v) is 4.20. The molecule has 0 aliphatic rings. The van der Waals surface area contributed by atoms with E-state index in [1.54, 1.807) is 36.3 Å². The Balaban J connectivity index is 1.64. The fourth-order valence-electron chi connectivity index (χ4n) is 2.93. The van der Waals surface area contributed by atoms with Gasteiger partial charge in [-0.1, -0.05) is 0 Å². The van der Waals surface area contributed by atoms with Crippen LogP contribution in [0.25, 0.3) is 10.9 Å². The first kappa shape index (κ1) is 22.5. The predicted molar refractivity (Wildman–Crippen MR) is 106 cm³/mol. The Bertz CT molecular complexity index is 1050. The van der Waals surface area contributed by atoms with Crippen LogP contribution in [0.1, 0.15) is 28.5 Å². The number of amides is 1. The summed E-state index contributed by atoms with van der Waals surface area (Å²) in [5, 5.41) is 7.86. The average Bonchev–Trinajstić information content (AvgIpc) is 3.10. The zero-order chi connectivity index (χ0) is 22.4. The van der Waals surface area contributed by atoms with Crippen LogP contribution in [-0.2, 0) is 11.3 Å². The van der Waals surface area contributed by atoms with Gasteiger partial charge in [0.25, 0.3) is 5.91 Å². The van der Waals surface area contributed by atoms with Crippen LogP contribution in [0.4, 0.5) is 13.2 Å². The van der Waals surface area contributed by atoms with Crippen molar-refractivity contribution >= 4 is 16.8 Å². The number of pyridine rings is 2. The van der Waals surface area contributed by atoms with Crippen LogP contribution in [0.5, 0.6) is 5.88 Å². The quantitative estimate of drug-likeness (QED) is 0.518. The lowest BCUT2D eigenvalue weighted by molar-refractivity contribution is -0.175. The van der Waals surface area contributed by atoms with Gasteiger partial charge in [0.1, 0.15) is 18.9 Å². The SMILES string of the molecule is CCNC(=O)c1nccc2nn(Cc3cnc(OCCOCC(F)(F)F)c(C)c3)cc12. The third-order valence-electron chi connectivity index (χ3n) is 4.20. The van der Waals surface area contributed by atoms with E-state index in [0.717, 1.165) is 11.1 Å². The van der Waals surface area contributed by atoms with E-state index in [4.69, 9.17) is 4.74 Å². The summed E-state index contributed by atoms with van der Waals surface area (Å²) in [5.74, 6) is 0.0681. The minimum absolute atomic E-state index is 0.0383. The number of ether oxygens (including phenoxy) is 2. The molecule has 11 heteroatoms. The first-order chi connectivity index (χ1) is 14.8. The Hall–Kier alpha value is -3.21. The number of aryl methyl sites for hydroxylation is 1. The Morgan fingerprint density at radius 1 is 1.26 bits per heavy atom. The highest BCUT2D eigenvalue weighted by molar-refractivity contribution is 6.04. The number of carbonyl (C=O) groups is 1. The molecule has 0 bridgehead atoms. The number of nitrogens with one attached hydrogen (secondary N) is 1. The van der Waals surface area contributed by atoms with Crippen molar-refractivity contribution in [2.24, 2.45) is 0 Å². The number of hydrogen-bond donors (Lipinski definition) is 1. The van der Waals surface area contributed by atoms with Crippen molar-refractivity contribution in [1.82, 2.24) is 25.1 Å². The first-order valence-corrected chi connectivity index (χ1v) is 9.60. The smallest absolute Gasteiger partial charge is 0.411 e. The second-order valence-electron chi connectivity index (χ2n) is 6.76. The van der Waals surface area contributed by atoms with Gasteiger partial charge < -0.3 is 14.8 Å². The molecule has 0 atom stereocenters. The molecule has 0 radical (unpaired) electrons. The maximum atomic E-state index is 12.2. The number of aromatic nitrogens is 4. The monoisotopic (exact) mass is 437 g/mol. The molecule has 1 N–H and O–H groups in total. The van der Waals surface area contributed by atoms with E-state index in [-0.39, 0.29) is 19.1 Å². The van der Waals surface area contributed by atoms with E-state index in [1.165, 1.54) is 0 Å². The van der Waals surface area contributed by atoms with Crippen molar-refractivity contribution < 1.29 is 27.4 Å².